The average molecular weight is 1000 g/mol. The number of aliphatic hydroxyl groups is 1. The topological polar surface area (TPSA) is 200 Å². The molecule has 2 saturated carbocycles. The number of carbonyl (C=O) groups excluding carboxylic acids is 6. The minimum atomic E-state index is -2.63. The molecule has 2 saturated heterocycles. The lowest BCUT2D eigenvalue weighted by Crippen LogP contribution is -2.82. The first-order valence-electron chi connectivity index (χ1n) is 24.9. The lowest BCUT2D eigenvalue weighted by molar-refractivity contribution is -0.344. The van der Waals surface area contributed by atoms with Gasteiger partial charge in [-0.3, -0.25) is 19.3 Å². The van der Waals surface area contributed by atoms with Crippen molar-refractivity contribution in [3.8, 4) is 0 Å². The van der Waals surface area contributed by atoms with E-state index >= 15 is 9.59 Å². The maximum Gasteiger partial charge on any atom is 0.413 e. The fraction of sp³-hybridized carbons (Fsp3) is 0.630. The van der Waals surface area contributed by atoms with Gasteiger partial charge in [-0.25, -0.2) is 14.4 Å². The molecule has 2 aromatic rings. The number of rotatable bonds is 12. The van der Waals surface area contributed by atoms with Gasteiger partial charge in [-0.05, 0) is 95.4 Å². The maximum atomic E-state index is 16.4. The van der Waals surface area contributed by atoms with Crippen molar-refractivity contribution in [3.05, 3.63) is 82.9 Å². The van der Waals surface area contributed by atoms with Crippen LogP contribution in [-0.2, 0) is 56.8 Å². The Bertz CT molecular complexity index is 2420. The summed E-state index contributed by atoms with van der Waals surface area (Å²) in [6, 6.07) is 18.1. The van der Waals surface area contributed by atoms with E-state index in [-0.39, 0.29) is 24.2 Å². The van der Waals surface area contributed by atoms with Gasteiger partial charge in [0.1, 0.15) is 41.3 Å². The molecule has 388 valence electrons. The van der Waals surface area contributed by atoms with Crippen LogP contribution in [0.1, 0.15) is 132 Å². The zero-order valence-electron chi connectivity index (χ0n) is 43.7. The van der Waals surface area contributed by atoms with Crippen LogP contribution < -0.4 is 0 Å². The highest BCUT2D eigenvalue weighted by Gasteiger charge is 2.79. The number of esters is 4. The van der Waals surface area contributed by atoms with E-state index in [1.165, 1.54) is 18.7 Å². The van der Waals surface area contributed by atoms with E-state index in [0.29, 0.717) is 29.3 Å². The van der Waals surface area contributed by atoms with Crippen LogP contribution in [0.15, 0.2) is 71.8 Å². The number of carbonyl (C=O) groups is 6. The molecule has 1 unspecified atom stereocenters. The number of nitrogens with zero attached hydrogens (tertiary/aromatic N) is 1. The molecule has 2 aliphatic heterocycles. The maximum absolute atomic E-state index is 16.4. The zero-order chi connectivity index (χ0) is 52.4. The van der Waals surface area contributed by atoms with E-state index < -0.39 is 132 Å². The molecule has 0 spiro atoms. The number of Topliss-reactive ketones (excluding diaryl/α,β-unsaturated/α-hetero) is 1. The zero-order valence-corrected chi connectivity index (χ0v) is 44.7. The molecule has 1 N–H and O–H groups in total. The summed E-state index contributed by atoms with van der Waals surface area (Å²) < 4.78 is 51.8. The fourth-order valence-corrected chi connectivity index (χ4v) is 15.3. The van der Waals surface area contributed by atoms with Crippen LogP contribution in [0, 0.1) is 16.7 Å². The predicted octanol–water partition coefficient (Wildman–Crippen LogP) is 8.35. The van der Waals surface area contributed by atoms with Crippen LogP contribution in [0.4, 0.5) is 4.79 Å². The van der Waals surface area contributed by atoms with E-state index in [1.807, 2.05) is 0 Å². The van der Waals surface area contributed by atoms with Gasteiger partial charge in [-0.15, -0.1) is 0 Å². The Balaban J connectivity index is 1.47. The summed E-state index contributed by atoms with van der Waals surface area (Å²) in [5.74, 6) is -5.33. The normalized spacial score (nSPS) is 33.0. The van der Waals surface area contributed by atoms with Gasteiger partial charge in [0.05, 0.1) is 29.6 Å². The molecule has 2 heterocycles. The first-order chi connectivity index (χ1) is 33.1. The molecule has 16 nitrogen and oxygen atoms in total. The van der Waals surface area contributed by atoms with Crippen molar-refractivity contribution in [1.82, 2.24) is 4.90 Å². The molecule has 5 aliphatic rings. The summed E-state index contributed by atoms with van der Waals surface area (Å²) in [6.07, 6.45) is -9.21. The molecular formula is C54H73NO15Si. The van der Waals surface area contributed by atoms with Crippen LogP contribution >= 0.6 is 0 Å². The predicted molar refractivity (Wildman–Crippen MR) is 261 cm³/mol. The van der Waals surface area contributed by atoms with Crippen molar-refractivity contribution >= 4 is 44.1 Å². The van der Waals surface area contributed by atoms with Gasteiger partial charge >= 0.3 is 30.0 Å². The fourth-order valence-electron chi connectivity index (χ4n) is 12.4. The van der Waals surface area contributed by atoms with Crippen molar-refractivity contribution < 1.29 is 71.5 Å². The van der Waals surface area contributed by atoms with Crippen LogP contribution in [-0.4, -0.2) is 120 Å². The quantitative estimate of drug-likeness (QED) is 0.0920. The summed E-state index contributed by atoms with van der Waals surface area (Å²) >= 11 is 0. The van der Waals surface area contributed by atoms with Gasteiger partial charge in [0.2, 0.25) is 0 Å². The number of fused-ring (bicyclic) bond motifs is 5. The van der Waals surface area contributed by atoms with Crippen molar-refractivity contribution in [3.63, 3.8) is 0 Å². The summed E-state index contributed by atoms with van der Waals surface area (Å²) in [5.41, 5.74) is -8.64. The molecule has 3 aliphatic carbocycles. The highest BCUT2D eigenvalue weighted by Crippen LogP contribution is 2.65. The molecule has 71 heavy (non-hydrogen) atoms. The summed E-state index contributed by atoms with van der Waals surface area (Å²) in [5, 5.41) is 14.2. The Morgan fingerprint density at radius 1 is 0.845 bits per heavy atom. The first-order valence-corrected chi connectivity index (χ1v) is 27.5. The molecule has 0 radical (unpaired) electrons. The SMILES string of the molecule is CC[Si](CC)(CC)O[C@H]1C[C@H]2OC[C@@]2(OC(C)=O)[C@H]2[C@H](OC(=O)c3ccccc3)[C@]3(O)C[C@H](OC(=O)C4OC(C)(C)N(C(=O)OC(C)(C)C)[C@H]4c4ccccc4)C(C)=C([C@@H](OC(C)=O)C(=O)[C@]12C)C3(C)C. The van der Waals surface area contributed by atoms with Gasteiger partial charge in [0.15, 0.2) is 31.9 Å². The Hall–Kier alpha value is -4.94. The van der Waals surface area contributed by atoms with Crippen molar-refractivity contribution in [2.75, 3.05) is 6.61 Å². The number of hydrogen-bond acceptors (Lipinski definition) is 15. The monoisotopic (exact) mass is 1000 g/mol. The molecule has 0 aromatic heterocycles. The van der Waals surface area contributed by atoms with Crippen molar-refractivity contribution in [2.24, 2.45) is 16.7 Å². The molecule has 4 fully saturated rings. The molecular weight excluding hydrogens is 931 g/mol. The number of amides is 1. The third-order valence-electron chi connectivity index (χ3n) is 16.3. The Kier molecular flexibility index (Phi) is 14.5. The minimum Gasteiger partial charge on any atom is -0.456 e. The van der Waals surface area contributed by atoms with Gasteiger partial charge in [0.25, 0.3) is 0 Å². The molecule has 1 amide bonds. The highest BCUT2D eigenvalue weighted by atomic mass is 28.4. The van der Waals surface area contributed by atoms with Crippen LogP contribution in [0.25, 0.3) is 0 Å². The largest absolute Gasteiger partial charge is 0.456 e. The first kappa shape index (κ1) is 53.8. The smallest absolute Gasteiger partial charge is 0.413 e. The second kappa shape index (κ2) is 19.2. The molecule has 7 rings (SSSR count). The minimum absolute atomic E-state index is 0.0909. The van der Waals surface area contributed by atoms with E-state index in [1.54, 1.807) is 123 Å². The van der Waals surface area contributed by atoms with Gasteiger partial charge in [-0.2, -0.15) is 0 Å². The average Bonchev–Trinajstić information content (AvgIpc) is 3.59. The van der Waals surface area contributed by atoms with Crippen molar-refractivity contribution in [2.45, 2.75) is 193 Å². The summed E-state index contributed by atoms with van der Waals surface area (Å²) in [7, 11) is -2.63. The lowest BCUT2D eigenvalue weighted by atomic mass is 9.44. The van der Waals surface area contributed by atoms with Crippen LogP contribution in [0.3, 0.4) is 0 Å². The van der Waals surface area contributed by atoms with Crippen LogP contribution in [0.2, 0.25) is 18.1 Å². The highest BCUT2D eigenvalue weighted by molar-refractivity contribution is 6.73. The summed E-state index contributed by atoms with van der Waals surface area (Å²) in [4.78, 5) is 88.8. The Labute approximate surface area is 418 Å². The van der Waals surface area contributed by atoms with Crippen LogP contribution in [0.5, 0.6) is 0 Å². The second-order valence-electron chi connectivity index (χ2n) is 22.2. The third-order valence-corrected chi connectivity index (χ3v) is 20.9. The van der Waals surface area contributed by atoms with Gasteiger partial charge in [0, 0.05) is 32.1 Å². The van der Waals surface area contributed by atoms with E-state index in [2.05, 4.69) is 20.8 Å². The molecule has 2 aromatic carbocycles. The van der Waals surface area contributed by atoms with Gasteiger partial charge in [-0.1, -0.05) is 83.1 Å². The Morgan fingerprint density at radius 3 is 1.96 bits per heavy atom. The molecule has 2 bridgehead atoms. The van der Waals surface area contributed by atoms with Crippen molar-refractivity contribution in [1.29, 1.82) is 0 Å². The number of ether oxygens (including phenoxy) is 7. The van der Waals surface area contributed by atoms with E-state index in [0.717, 1.165) is 0 Å². The standard InChI is InChI=1S/C54H73NO15Si/c1-15-71(16-2,17-3)70-37-28-38-53(30-63-38,67-33(6)57)43-45(66-46(59)35-26-22-19-23-27-35)54(62)29-36(31(4)39(50(54,10)11)41(64-32(5)56)44(58)52(37,43)14)65-47(60)42-40(34-24-20-18-21-25-34)55(51(12,13)68-42)48(61)69-49(7,8)9/h18-27,36-38,40-43,45,62H,15-17,28-30H2,1-14H3/t36-,37-,38+,40-,41+,42?,43-,45-,52+,53-,54+/m0/s1. The molecule has 11 atom stereocenters. The third kappa shape index (κ3) is 9.16. The number of hydrogen-bond donors (Lipinski definition) is 1. The Morgan fingerprint density at radius 2 is 1.44 bits per heavy atom. The van der Waals surface area contributed by atoms with Gasteiger partial charge < -0.3 is 42.7 Å². The van der Waals surface area contributed by atoms with E-state index in [4.69, 9.17) is 37.6 Å². The number of ketones is 1. The lowest BCUT2D eigenvalue weighted by Gasteiger charge is -2.68. The summed E-state index contributed by atoms with van der Waals surface area (Å²) in [6.45, 7) is 23.5. The van der Waals surface area contributed by atoms with E-state index in [9.17, 15) is 24.3 Å². The second-order valence-corrected chi connectivity index (χ2v) is 26.9. The number of benzene rings is 2. The molecule has 17 heteroatoms.